The predicted octanol–water partition coefficient (Wildman–Crippen LogP) is 1.31. The van der Waals surface area contributed by atoms with Crippen LogP contribution in [0.25, 0.3) is 0 Å². The summed E-state index contributed by atoms with van der Waals surface area (Å²) in [5, 5.41) is 20.6. The third-order valence-electron chi connectivity index (χ3n) is 2.11. The van der Waals surface area contributed by atoms with Crippen LogP contribution in [-0.4, -0.2) is 35.4 Å². The maximum absolute atomic E-state index is 11.4. The minimum atomic E-state index is -0.776. The fourth-order valence-corrected chi connectivity index (χ4v) is 1.13. The first kappa shape index (κ1) is 15.4. The van der Waals surface area contributed by atoms with Crippen LogP contribution in [0.5, 0.6) is 17.2 Å². The summed E-state index contributed by atoms with van der Waals surface area (Å²) in [6.07, 6.45) is -0.776. The Morgan fingerprint density at radius 2 is 2.00 bits per heavy atom. The molecule has 7 heteroatoms. The van der Waals surface area contributed by atoms with Crippen molar-refractivity contribution in [2.24, 2.45) is 0 Å². The van der Waals surface area contributed by atoms with Crippen LogP contribution in [0.2, 0.25) is 0 Å². The Bertz CT molecular complexity index is 526. The number of nitrogens with one attached hydrogen (secondary N) is 1. The second kappa shape index (κ2) is 7.03. The monoisotopic (exact) mass is 281 g/mol. The van der Waals surface area contributed by atoms with Crippen LogP contribution >= 0.6 is 0 Å². The van der Waals surface area contributed by atoms with Gasteiger partial charge in [0.15, 0.2) is 11.5 Å². The highest BCUT2D eigenvalue weighted by Gasteiger charge is 2.07. The molecule has 0 aromatic heterocycles. The molecule has 0 saturated heterocycles. The second-order valence-electron chi connectivity index (χ2n) is 3.88. The lowest BCUT2D eigenvalue weighted by Crippen LogP contribution is -2.30. The molecule has 0 spiro atoms. The minimum Gasteiger partial charge on any atom is -0.504 e. The Morgan fingerprint density at radius 3 is 2.60 bits per heavy atom. The second-order valence-corrected chi connectivity index (χ2v) is 3.88. The van der Waals surface area contributed by atoms with Crippen LogP contribution in [0.4, 0.5) is 4.79 Å². The molecule has 0 fully saturated rings. The fraction of sp³-hybridized carbons (Fsp3) is 0.231. The van der Waals surface area contributed by atoms with Gasteiger partial charge in [-0.05, 0) is 19.1 Å². The Kier molecular flexibility index (Phi) is 5.40. The Morgan fingerprint density at radius 1 is 1.30 bits per heavy atom. The van der Waals surface area contributed by atoms with Crippen LogP contribution < -0.4 is 10.1 Å². The first-order valence-corrected chi connectivity index (χ1v) is 5.70. The molecule has 0 aliphatic rings. The van der Waals surface area contributed by atoms with Crippen LogP contribution in [0.3, 0.4) is 0 Å². The summed E-state index contributed by atoms with van der Waals surface area (Å²) in [7, 11) is 0. The highest BCUT2D eigenvalue weighted by atomic mass is 16.6. The number of amides is 1. The number of aromatic hydroxyl groups is 2. The normalized spacial score (nSPS) is 9.65. The van der Waals surface area contributed by atoms with E-state index >= 15 is 0 Å². The average Bonchev–Trinajstić information content (AvgIpc) is 2.38. The largest absolute Gasteiger partial charge is 0.504 e. The first-order chi connectivity index (χ1) is 9.40. The van der Waals surface area contributed by atoms with E-state index < -0.39 is 17.8 Å². The van der Waals surface area contributed by atoms with Crippen molar-refractivity contribution >= 4 is 12.1 Å². The van der Waals surface area contributed by atoms with Gasteiger partial charge in [-0.15, -0.1) is 0 Å². The summed E-state index contributed by atoms with van der Waals surface area (Å²) in [6.45, 7) is 4.98. The lowest BCUT2D eigenvalue weighted by atomic mass is 10.3. The highest BCUT2D eigenvalue weighted by molar-refractivity contribution is 5.86. The van der Waals surface area contributed by atoms with Crippen molar-refractivity contribution in [1.82, 2.24) is 5.32 Å². The summed E-state index contributed by atoms with van der Waals surface area (Å²) in [4.78, 5) is 22.4. The molecule has 1 aromatic rings. The number of rotatable bonds is 5. The van der Waals surface area contributed by atoms with Crippen molar-refractivity contribution < 1.29 is 29.3 Å². The van der Waals surface area contributed by atoms with Gasteiger partial charge < -0.3 is 25.0 Å². The number of benzene rings is 1. The highest BCUT2D eigenvalue weighted by Crippen LogP contribution is 2.28. The fourth-order valence-electron chi connectivity index (χ4n) is 1.13. The third-order valence-corrected chi connectivity index (χ3v) is 2.11. The number of phenolic OH excluding ortho intramolecular Hbond substituents is 2. The average molecular weight is 281 g/mol. The van der Waals surface area contributed by atoms with Gasteiger partial charge in [0.25, 0.3) is 0 Å². The molecule has 0 heterocycles. The van der Waals surface area contributed by atoms with Gasteiger partial charge in [-0.2, -0.15) is 0 Å². The molecule has 0 aliphatic carbocycles. The van der Waals surface area contributed by atoms with Crippen molar-refractivity contribution in [3.63, 3.8) is 0 Å². The summed E-state index contributed by atoms with van der Waals surface area (Å²) in [5.74, 6) is -1.18. The van der Waals surface area contributed by atoms with Gasteiger partial charge in [-0.25, -0.2) is 9.59 Å². The van der Waals surface area contributed by atoms with Crippen molar-refractivity contribution in [2.75, 3.05) is 13.2 Å². The topological polar surface area (TPSA) is 105 Å². The maximum atomic E-state index is 11.4. The zero-order chi connectivity index (χ0) is 15.1. The predicted molar refractivity (Wildman–Crippen MR) is 69.6 cm³/mol. The number of ether oxygens (including phenoxy) is 2. The van der Waals surface area contributed by atoms with Gasteiger partial charge in [0.1, 0.15) is 12.4 Å². The van der Waals surface area contributed by atoms with E-state index in [1.165, 1.54) is 19.1 Å². The number of hydrogen-bond acceptors (Lipinski definition) is 6. The van der Waals surface area contributed by atoms with E-state index in [9.17, 15) is 14.7 Å². The van der Waals surface area contributed by atoms with Crippen molar-refractivity contribution in [2.45, 2.75) is 6.92 Å². The van der Waals surface area contributed by atoms with Crippen LogP contribution in [0.15, 0.2) is 30.4 Å². The van der Waals surface area contributed by atoms with E-state index in [4.69, 9.17) is 14.6 Å². The van der Waals surface area contributed by atoms with Gasteiger partial charge in [0, 0.05) is 11.6 Å². The Balaban J connectivity index is 2.31. The molecule has 1 aromatic carbocycles. The first-order valence-electron chi connectivity index (χ1n) is 5.70. The number of carbonyl (C=O) groups excluding carboxylic acids is 2. The maximum Gasteiger partial charge on any atom is 0.412 e. The molecule has 0 radical (unpaired) electrons. The summed E-state index contributed by atoms with van der Waals surface area (Å²) in [5.41, 5.74) is 0.271. The molecular formula is C13H15NO6. The van der Waals surface area contributed by atoms with E-state index in [-0.39, 0.29) is 30.2 Å². The van der Waals surface area contributed by atoms with Crippen LogP contribution in [-0.2, 0) is 9.53 Å². The van der Waals surface area contributed by atoms with Crippen LogP contribution in [0.1, 0.15) is 6.92 Å². The molecule has 20 heavy (non-hydrogen) atoms. The van der Waals surface area contributed by atoms with Crippen molar-refractivity contribution in [3.8, 4) is 17.2 Å². The minimum absolute atomic E-state index is 0.0123. The van der Waals surface area contributed by atoms with E-state index in [2.05, 4.69) is 11.9 Å². The quantitative estimate of drug-likeness (QED) is 0.325. The number of esters is 1. The molecular weight excluding hydrogens is 266 g/mol. The molecule has 0 bridgehead atoms. The standard InChI is InChI=1S/C13H15NO6/c1-8(2)12(17)19-6-5-14-13(18)20-9-3-4-10(15)11(16)7-9/h3-4,7,15-16H,1,5-6H2,2H3,(H,14,18). The number of hydrogen-bond donors (Lipinski definition) is 3. The molecule has 0 aliphatic heterocycles. The summed E-state index contributed by atoms with van der Waals surface area (Å²) >= 11 is 0. The number of phenols is 2. The van der Waals surface area contributed by atoms with Gasteiger partial charge in [-0.3, -0.25) is 0 Å². The molecule has 108 valence electrons. The molecule has 0 unspecified atom stereocenters. The molecule has 0 atom stereocenters. The van der Waals surface area contributed by atoms with Gasteiger partial charge in [0.2, 0.25) is 0 Å². The summed E-state index contributed by atoms with van der Waals surface area (Å²) in [6, 6.07) is 3.60. The Labute approximate surface area is 115 Å². The molecule has 7 nitrogen and oxygen atoms in total. The smallest absolute Gasteiger partial charge is 0.412 e. The van der Waals surface area contributed by atoms with E-state index in [1.807, 2.05) is 0 Å². The SMILES string of the molecule is C=C(C)C(=O)OCCNC(=O)Oc1ccc(O)c(O)c1. The lowest BCUT2D eigenvalue weighted by molar-refractivity contribution is -0.138. The van der Waals surface area contributed by atoms with E-state index in [0.717, 1.165) is 6.07 Å². The number of carbonyl (C=O) groups is 2. The molecule has 3 N–H and O–H groups in total. The summed E-state index contributed by atoms with van der Waals surface area (Å²) < 4.78 is 9.58. The lowest BCUT2D eigenvalue weighted by Gasteiger charge is -2.08. The molecule has 1 amide bonds. The zero-order valence-corrected chi connectivity index (χ0v) is 10.9. The van der Waals surface area contributed by atoms with Gasteiger partial charge in [0.05, 0.1) is 6.54 Å². The third kappa shape index (κ3) is 4.89. The van der Waals surface area contributed by atoms with Gasteiger partial charge in [-0.1, -0.05) is 6.58 Å². The zero-order valence-electron chi connectivity index (χ0n) is 10.9. The molecule has 0 saturated carbocycles. The van der Waals surface area contributed by atoms with Crippen molar-refractivity contribution in [3.05, 3.63) is 30.4 Å². The van der Waals surface area contributed by atoms with E-state index in [0.29, 0.717) is 0 Å². The van der Waals surface area contributed by atoms with Crippen molar-refractivity contribution in [1.29, 1.82) is 0 Å². The van der Waals surface area contributed by atoms with Crippen LogP contribution in [0, 0.1) is 0 Å². The Hall–Kier alpha value is -2.70. The van der Waals surface area contributed by atoms with E-state index in [1.54, 1.807) is 0 Å². The van der Waals surface area contributed by atoms with Gasteiger partial charge >= 0.3 is 12.1 Å². The molecule has 1 rings (SSSR count).